The Morgan fingerprint density at radius 1 is 1.53 bits per heavy atom. The van der Waals surface area contributed by atoms with Crippen LogP contribution >= 0.6 is 0 Å². The Labute approximate surface area is 104 Å². The highest BCUT2D eigenvalue weighted by Crippen LogP contribution is 1.99. The first-order valence-electron chi connectivity index (χ1n) is 5.55. The molecule has 0 heterocycles. The number of nitrogens with zero attached hydrogens (tertiary/aromatic N) is 4. The van der Waals surface area contributed by atoms with Crippen LogP contribution in [0.3, 0.4) is 0 Å². The summed E-state index contributed by atoms with van der Waals surface area (Å²) in [5.41, 5.74) is 5.89. The molecule has 0 saturated heterocycles. The van der Waals surface area contributed by atoms with Crippen LogP contribution in [0.25, 0.3) is 0 Å². The van der Waals surface area contributed by atoms with Crippen LogP contribution in [0.5, 0.6) is 0 Å². The molecule has 0 saturated carbocycles. The first-order chi connectivity index (χ1) is 8.04. The van der Waals surface area contributed by atoms with Crippen molar-refractivity contribution in [2.45, 2.75) is 20.0 Å². The molecule has 0 aromatic carbocycles. The molecule has 6 nitrogen and oxygen atoms in total. The van der Waals surface area contributed by atoms with Gasteiger partial charge in [-0.1, -0.05) is 0 Å². The standard InChI is InChI=1S/C11H22N6/c1-6-16(4)9-14-10(2)17(5)8-11(7-12)15-13-3/h8-10,13,15H,6H2,1-5H3/b11-8-,14-9-. The average Bonchev–Trinajstić information content (AvgIpc) is 2.34. The lowest BCUT2D eigenvalue weighted by Crippen LogP contribution is -2.30. The maximum absolute atomic E-state index is 8.85. The zero-order valence-electron chi connectivity index (χ0n) is 11.2. The summed E-state index contributed by atoms with van der Waals surface area (Å²) in [6, 6.07) is 2.05. The minimum atomic E-state index is -0.0222. The Balaban J connectivity index is 4.44. The highest BCUT2D eigenvalue weighted by molar-refractivity contribution is 5.54. The van der Waals surface area contributed by atoms with Gasteiger partial charge in [-0.3, -0.25) is 4.99 Å². The number of hydrogen-bond donors (Lipinski definition) is 2. The third kappa shape index (κ3) is 6.43. The van der Waals surface area contributed by atoms with E-state index >= 15 is 0 Å². The molecule has 0 aromatic rings. The van der Waals surface area contributed by atoms with E-state index in [-0.39, 0.29) is 6.17 Å². The van der Waals surface area contributed by atoms with Crippen LogP contribution in [-0.4, -0.2) is 50.0 Å². The minimum Gasteiger partial charge on any atom is -0.366 e. The van der Waals surface area contributed by atoms with Gasteiger partial charge in [-0.05, 0) is 13.8 Å². The van der Waals surface area contributed by atoms with Gasteiger partial charge in [-0.25, -0.2) is 5.43 Å². The van der Waals surface area contributed by atoms with E-state index in [0.29, 0.717) is 5.70 Å². The second-order valence-corrected chi connectivity index (χ2v) is 3.66. The highest BCUT2D eigenvalue weighted by atomic mass is 15.3. The van der Waals surface area contributed by atoms with E-state index in [1.165, 1.54) is 0 Å². The number of hydrogen-bond acceptors (Lipinski definition) is 5. The van der Waals surface area contributed by atoms with Crippen molar-refractivity contribution >= 4 is 6.34 Å². The van der Waals surface area contributed by atoms with E-state index in [9.17, 15) is 0 Å². The van der Waals surface area contributed by atoms with Crippen molar-refractivity contribution in [3.05, 3.63) is 11.9 Å². The number of nitrogens with one attached hydrogen (secondary N) is 2. The number of allylic oxidation sites excluding steroid dienone is 1. The predicted octanol–water partition coefficient (Wildman–Crippen LogP) is 0.333. The molecule has 0 fully saturated rings. The zero-order valence-corrected chi connectivity index (χ0v) is 11.2. The average molecular weight is 238 g/mol. The molecule has 1 unspecified atom stereocenters. The molecule has 0 bridgehead atoms. The van der Waals surface area contributed by atoms with Crippen LogP contribution in [-0.2, 0) is 0 Å². The second kappa shape index (κ2) is 8.42. The third-order valence-corrected chi connectivity index (χ3v) is 2.28. The Kier molecular flexibility index (Phi) is 7.55. The summed E-state index contributed by atoms with van der Waals surface area (Å²) < 4.78 is 0. The van der Waals surface area contributed by atoms with Gasteiger partial charge in [0.15, 0.2) is 0 Å². The summed E-state index contributed by atoms with van der Waals surface area (Å²) in [5.74, 6) is 0. The van der Waals surface area contributed by atoms with Crippen molar-refractivity contribution in [3.63, 3.8) is 0 Å². The van der Waals surface area contributed by atoms with Gasteiger partial charge in [0, 0.05) is 33.9 Å². The van der Waals surface area contributed by atoms with Crippen LogP contribution in [0.1, 0.15) is 13.8 Å². The summed E-state index contributed by atoms with van der Waals surface area (Å²) in [7, 11) is 5.56. The summed E-state index contributed by atoms with van der Waals surface area (Å²) >= 11 is 0. The van der Waals surface area contributed by atoms with Crippen molar-refractivity contribution in [2.24, 2.45) is 4.99 Å². The molecule has 0 aliphatic heterocycles. The van der Waals surface area contributed by atoms with E-state index in [4.69, 9.17) is 5.26 Å². The van der Waals surface area contributed by atoms with Crippen LogP contribution in [0.15, 0.2) is 16.9 Å². The van der Waals surface area contributed by atoms with E-state index in [1.807, 2.05) is 36.9 Å². The van der Waals surface area contributed by atoms with Crippen molar-refractivity contribution < 1.29 is 0 Å². The molecule has 0 rings (SSSR count). The van der Waals surface area contributed by atoms with Gasteiger partial charge in [0.2, 0.25) is 0 Å². The molecule has 0 aliphatic rings. The zero-order chi connectivity index (χ0) is 13.3. The first-order valence-corrected chi connectivity index (χ1v) is 5.55. The Morgan fingerprint density at radius 2 is 2.18 bits per heavy atom. The van der Waals surface area contributed by atoms with Crippen molar-refractivity contribution in [2.75, 3.05) is 27.7 Å². The van der Waals surface area contributed by atoms with Crippen LogP contribution in [0.2, 0.25) is 0 Å². The Morgan fingerprint density at radius 3 is 2.65 bits per heavy atom. The predicted molar refractivity (Wildman–Crippen MR) is 69.9 cm³/mol. The summed E-state index contributed by atoms with van der Waals surface area (Å²) in [6.07, 6.45) is 3.49. The van der Waals surface area contributed by atoms with Gasteiger partial charge in [-0.15, -0.1) is 0 Å². The maximum Gasteiger partial charge on any atom is 0.143 e. The number of nitriles is 1. The quantitative estimate of drug-likeness (QED) is 0.290. The monoisotopic (exact) mass is 238 g/mol. The van der Waals surface area contributed by atoms with Crippen LogP contribution in [0, 0.1) is 11.3 Å². The number of hydrazine groups is 1. The SMILES string of the molecule is CCN(C)/C=N\C(C)N(C)/C=C(/C#N)NNC. The van der Waals surface area contributed by atoms with Gasteiger partial charge in [0.25, 0.3) is 0 Å². The molecule has 96 valence electrons. The molecular weight excluding hydrogens is 216 g/mol. The van der Waals surface area contributed by atoms with Crippen LogP contribution in [0.4, 0.5) is 0 Å². The first kappa shape index (κ1) is 15.3. The summed E-state index contributed by atoms with van der Waals surface area (Å²) in [6.45, 7) is 4.94. The van der Waals surface area contributed by atoms with E-state index in [2.05, 4.69) is 22.8 Å². The normalized spacial score (nSPS) is 13.3. The Hall–Kier alpha value is -1.74. The minimum absolute atomic E-state index is 0.0222. The van der Waals surface area contributed by atoms with Crippen molar-refractivity contribution in [1.29, 1.82) is 5.26 Å². The van der Waals surface area contributed by atoms with E-state index in [1.54, 1.807) is 19.6 Å². The molecule has 0 spiro atoms. The van der Waals surface area contributed by atoms with Gasteiger partial charge >= 0.3 is 0 Å². The molecular formula is C11H22N6. The number of rotatable bonds is 7. The van der Waals surface area contributed by atoms with Crippen molar-refractivity contribution in [1.82, 2.24) is 20.7 Å². The lowest BCUT2D eigenvalue weighted by atomic mass is 10.4. The molecule has 6 heteroatoms. The molecule has 0 aromatic heterocycles. The largest absolute Gasteiger partial charge is 0.366 e. The smallest absolute Gasteiger partial charge is 0.143 e. The second-order valence-electron chi connectivity index (χ2n) is 3.66. The topological polar surface area (TPSA) is 66.7 Å². The third-order valence-electron chi connectivity index (χ3n) is 2.28. The Bertz CT molecular complexity index is 304. The fraction of sp³-hybridized carbons (Fsp3) is 0.636. The fourth-order valence-electron chi connectivity index (χ4n) is 0.932. The molecule has 0 radical (unpaired) electrons. The molecule has 0 aliphatic carbocycles. The number of aliphatic imine (C=N–C) groups is 1. The van der Waals surface area contributed by atoms with E-state index in [0.717, 1.165) is 6.54 Å². The van der Waals surface area contributed by atoms with Gasteiger partial charge < -0.3 is 15.2 Å². The maximum atomic E-state index is 8.85. The van der Waals surface area contributed by atoms with E-state index < -0.39 is 0 Å². The molecule has 17 heavy (non-hydrogen) atoms. The molecule has 0 amide bonds. The fourth-order valence-corrected chi connectivity index (χ4v) is 0.932. The highest BCUT2D eigenvalue weighted by Gasteiger charge is 2.04. The van der Waals surface area contributed by atoms with Crippen LogP contribution < -0.4 is 10.9 Å². The lowest BCUT2D eigenvalue weighted by Gasteiger charge is -2.21. The molecule has 1 atom stereocenters. The van der Waals surface area contributed by atoms with Gasteiger partial charge in [0.05, 0.1) is 6.34 Å². The lowest BCUT2D eigenvalue weighted by molar-refractivity contribution is 0.356. The van der Waals surface area contributed by atoms with Gasteiger partial charge in [-0.2, -0.15) is 5.26 Å². The summed E-state index contributed by atoms with van der Waals surface area (Å²) in [5, 5.41) is 8.85. The molecule has 2 N–H and O–H groups in total. The summed E-state index contributed by atoms with van der Waals surface area (Å²) in [4.78, 5) is 8.22. The van der Waals surface area contributed by atoms with Gasteiger partial charge in [0.1, 0.15) is 17.9 Å². The van der Waals surface area contributed by atoms with Crippen molar-refractivity contribution in [3.8, 4) is 6.07 Å².